The Morgan fingerprint density at radius 1 is 0.0938 bits per heavy atom. The fourth-order valence-electron chi connectivity index (χ4n) is 12.4. The summed E-state index contributed by atoms with van der Waals surface area (Å²) in [5, 5.41) is 41.1. The minimum atomic E-state index is 1.27. The third kappa shape index (κ3) is 4.05. The molecule has 0 radical (unpaired) electrons. The van der Waals surface area contributed by atoms with Gasteiger partial charge in [0.05, 0.1) is 0 Å². The lowest BCUT2D eigenvalue weighted by atomic mass is 9.89. The molecule has 0 atom stereocenters. The molecule has 288 valence electrons. The van der Waals surface area contributed by atoms with Crippen LogP contribution in [0.5, 0.6) is 0 Å². The maximum Gasteiger partial charge on any atom is -0.00986 e. The molecule has 16 bridgehead atoms. The van der Waals surface area contributed by atoms with E-state index in [4.69, 9.17) is 0 Å². The Kier molecular flexibility index (Phi) is 5.57. The van der Waals surface area contributed by atoms with E-state index in [1.54, 1.807) is 0 Å². The van der Waals surface area contributed by atoms with Gasteiger partial charge in [-0.15, -0.1) is 0 Å². The fraction of sp³-hybridized carbons (Fsp3) is 0. The second-order valence-corrected chi connectivity index (χ2v) is 18.9. The Balaban J connectivity index is 1.12. The van der Waals surface area contributed by atoms with Gasteiger partial charge in [-0.05, 0) is 269 Å². The summed E-state index contributed by atoms with van der Waals surface area (Å²) in [7, 11) is 0. The smallest absolute Gasteiger partial charge is 0.00986 e. The van der Waals surface area contributed by atoms with Gasteiger partial charge in [-0.2, -0.15) is 0 Å². The highest BCUT2D eigenvalue weighted by Crippen LogP contribution is 2.43. The molecular weight excluding hydrogens is 769 g/mol. The van der Waals surface area contributed by atoms with E-state index in [9.17, 15) is 0 Å². The maximum absolute atomic E-state index is 2.49. The molecule has 0 nitrogen and oxygen atoms in total. The molecule has 0 spiro atoms. The van der Waals surface area contributed by atoms with Gasteiger partial charge in [0.15, 0.2) is 0 Å². The molecule has 0 heteroatoms. The summed E-state index contributed by atoms with van der Waals surface area (Å²) in [6.07, 6.45) is 0. The van der Waals surface area contributed by atoms with Crippen LogP contribution < -0.4 is 0 Å². The highest BCUT2D eigenvalue weighted by Gasteiger charge is 2.16. The zero-order valence-electron chi connectivity index (χ0n) is 34.5. The summed E-state index contributed by atoms with van der Waals surface area (Å²) >= 11 is 0. The molecule has 17 aromatic carbocycles. The first-order chi connectivity index (χ1) is 31.6. The molecule has 0 N–H and O–H groups in total. The van der Waals surface area contributed by atoms with Crippen LogP contribution >= 0.6 is 0 Å². The lowest BCUT2D eigenvalue weighted by Crippen LogP contribution is -1.87. The van der Waals surface area contributed by atoms with Gasteiger partial charge in [-0.25, -0.2) is 0 Å². The highest BCUT2D eigenvalue weighted by atomic mass is 14.2. The van der Waals surface area contributed by atoms with Gasteiger partial charge in [0.2, 0.25) is 0 Å². The third-order valence-electron chi connectivity index (χ3n) is 15.6. The van der Waals surface area contributed by atoms with Crippen LogP contribution in [0.2, 0.25) is 0 Å². The molecule has 0 amide bonds. The van der Waals surface area contributed by atoms with Crippen LogP contribution in [-0.4, -0.2) is 0 Å². The van der Waals surface area contributed by atoms with Crippen LogP contribution in [0, 0.1) is 0 Å². The lowest BCUT2D eigenvalue weighted by molar-refractivity contribution is 1.80. The number of rotatable bonds is 0. The van der Waals surface area contributed by atoms with Crippen molar-refractivity contribution in [3.63, 3.8) is 0 Å². The summed E-state index contributed by atoms with van der Waals surface area (Å²) in [5.41, 5.74) is 0. The summed E-state index contributed by atoms with van der Waals surface area (Å²) in [4.78, 5) is 0. The van der Waals surface area contributed by atoms with Crippen LogP contribution in [-0.2, 0) is 0 Å². The summed E-state index contributed by atoms with van der Waals surface area (Å²) in [6, 6.07) is 76.2. The van der Waals surface area contributed by atoms with Crippen molar-refractivity contribution in [2.45, 2.75) is 0 Å². The lowest BCUT2D eigenvalue weighted by Gasteiger charge is -2.14. The summed E-state index contributed by atoms with van der Waals surface area (Å²) in [5.74, 6) is 0. The van der Waals surface area contributed by atoms with Crippen LogP contribution in [0.15, 0.2) is 194 Å². The number of hydrogen-bond donors (Lipinski definition) is 0. The van der Waals surface area contributed by atoms with Crippen LogP contribution in [0.1, 0.15) is 0 Å². The molecule has 0 saturated heterocycles. The van der Waals surface area contributed by atoms with E-state index < -0.39 is 0 Å². The van der Waals surface area contributed by atoms with E-state index in [2.05, 4.69) is 194 Å². The van der Waals surface area contributed by atoms with Crippen LogP contribution in [0.25, 0.3) is 172 Å². The molecule has 0 saturated carbocycles. The van der Waals surface area contributed by atoms with Crippen molar-refractivity contribution in [3.05, 3.63) is 194 Å². The van der Waals surface area contributed by atoms with E-state index in [-0.39, 0.29) is 0 Å². The first-order valence-corrected chi connectivity index (χ1v) is 22.5. The standard InChI is InChI=1S/C64H32/c1-2-34-18-36-5-6-38-20-40-9-10-42-22-44-13-14-46-24-48-16-15-47-23-45-12-11-43-21-41-8-7-39-19-37-4-3-35-17-33(1)49-25-51(35)53(37)27-55(39)57(41)29-59(43)61(45)31-63(47)64(48)32-62(46)60(44)30-58(42)56(40)28-54(38)52(36)26-50(34)49/h1-32H. The van der Waals surface area contributed by atoms with Crippen molar-refractivity contribution in [2.24, 2.45) is 0 Å². The topological polar surface area (TPSA) is 0 Å². The molecule has 0 aliphatic rings. The molecule has 0 fully saturated rings. The van der Waals surface area contributed by atoms with Crippen molar-refractivity contribution in [2.75, 3.05) is 0 Å². The van der Waals surface area contributed by atoms with Crippen molar-refractivity contribution >= 4 is 172 Å². The van der Waals surface area contributed by atoms with Gasteiger partial charge in [-0.3, -0.25) is 0 Å². The molecule has 0 heterocycles. The normalized spacial score (nSPS) is 13.0. The predicted molar refractivity (Wildman–Crippen MR) is 280 cm³/mol. The van der Waals surface area contributed by atoms with Crippen molar-refractivity contribution in [1.29, 1.82) is 0 Å². The third-order valence-corrected chi connectivity index (χ3v) is 15.6. The van der Waals surface area contributed by atoms with Gasteiger partial charge in [-0.1, -0.05) is 97.1 Å². The summed E-state index contributed by atoms with van der Waals surface area (Å²) in [6.45, 7) is 0. The Morgan fingerprint density at radius 2 is 0.172 bits per heavy atom. The molecule has 0 aliphatic heterocycles. The van der Waals surface area contributed by atoms with Crippen molar-refractivity contribution in [1.82, 2.24) is 0 Å². The van der Waals surface area contributed by atoms with Crippen molar-refractivity contribution < 1.29 is 0 Å². The van der Waals surface area contributed by atoms with Crippen LogP contribution in [0.3, 0.4) is 0 Å². The minimum Gasteiger partial charge on any atom is -0.0537 e. The van der Waals surface area contributed by atoms with Crippen LogP contribution in [0.4, 0.5) is 0 Å². The van der Waals surface area contributed by atoms with E-state index >= 15 is 0 Å². The molecule has 17 aromatic rings. The molecule has 0 aromatic heterocycles. The highest BCUT2D eigenvalue weighted by molar-refractivity contribution is 6.28. The Morgan fingerprint density at radius 3 is 0.250 bits per heavy atom. The van der Waals surface area contributed by atoms with Gasteiger partial charge in [0.25, 0.3) is 0 Å². The predicted octanol–water partition coefficient (Wildman–Crippen LogP) is 18.5. The molecule has 17 rings (SSSR count). The zero-order chi connectivity index (χ0) is 41.1. The van der Waals surface area contributed by atoms with E-state index in [1.165, 1.54) is 172 Å². The molecule has 0 unspecified atom stereocenters. The van der Waals surface area contributed by atoms with Gasteiger partial charge in [0, 0.05) is 0 Å². The average Bonchev–Trinajstić information content (AvgIpc) is 3.33. The largest absolute Gasteiger partial charge is 0.0537 e. The van der Waals surface area contributed by atoms with Gasteiger partial charge < -0.3 is 0 Å². The number of benzene rings is 16. The Labute approximate surface area is 364 Å². The van der Waals surface area contributed by atoms with Crippen molar-refractivity contribution in [3.8, 4) is 0 Å². The van der Waals surface area contributed by atoms with Gasteiger partial charge >= 0.3 is 0 Å². The zero-order valence-corrected chi connectivity index (χ0v) is 34.5. The first kappa shape index (κ1) is 32.4. The van der Waals surface area contributed by atoms with Gasteiger partial charge in [0.1, 0.15) is 0 Å². The second kappa shape index (κ2) is 11.0. The quantitative estimate of drug-likeness (QED) is 0.106. The Bertz CT molecular complexity index is 3760. The minimum absolute atomic E-state index is 1.27. The average molecular weight is 801 g/mol. The SMILES string of the molecule is c1cc2cc3ccc4cc5ccc6cc7ccc8cc9ccc%10cc%11ccc%12cc%13ccc%14cc%15ccc%16cc1c1cc%16c%15cc%14c%13cc%12c%11cc%10c9cc8c7cc6c5cc4c3cc21. The monoisotopic (exact) mass is 800 g/mol. The second-order valence-electron chi connectivity index (χ2n) is 18.9. The fourth-order valence-corrected chi connectivity index (χ4v) is 12.4. The van der Waals surface area contributed by atoms with E-state index in [0.717, 1.165) is 0 Å². The Hall–Kier alpha value is -8.32. The molecular formula is C64H32. The van der Waals surface area contributed by atoms with E-state index in [1.807, 2.05) is 0 Å². The molecule has 0 aliphatic carbocycles. The molecule has 64 heavy (non-hydrogen) atoms. The summed E-state index contributed by atoms with van der Waals surface area (Å²) < 4.78 is 0. The van der Waals surface area contributed by atoms with E-state index in [0.29, 0.717) is 0 Å². The number of hydrogen-bond acceptors (Lipinski definition) is 0. The first-order valence-electron chi connectivity index (χ1n) is 22.5. The maximum atomic E-state index is 2.49.